The van der Waals surface area contributed by atoms with Crippen molar-refractivity contribution in [3.05, 3.63) is 39.3 Å². The van der Waals surface area contributed by atoms with Crippen LogP contribution < -0.4 is 10.6 Å². The molecule has 120 valence electrons. The van der Waals surface area contributed by atoms with Crippen LogP contribution >= 0.6 is 23.7 Å². The van der Waals surface area contributed by atoms with E-state index in [0.29, 0.717) is 11.4 Å². The molecule has 2 aromatic rings. The van der Waals surface area contributed by atoms with Crippen molar-refractivity contribution >= 4 is 45.4 Å². The number of benzene rings is 1. The van der Waals surface area contributed by atoms with Gasteiger partial charge in [0.1, 0.15) is 0 Å². The third-order valence-electron chi connectivity index (χ3n) is 2.95. The highest BCUT2D eigenvalue weighted by Crippen LogP contribution is 2.28. The van der Waals surface area contributed by atoms with E-state index in [9.17, 15) is 14.9 Å². The molecular formula is C14H18ClN3O3S. The second-order valence-electron chi connectivity index (χ2n) is 4.60. The van der Waals surface area contributed by atoms with Crippen LogP contribution in [-0.4, -0.2) is 30.5 Å². The van der Waals surface area contributed by atoms with Crippen LogP contribution in [0.25, 0.3) is 10.1 Å². The molecule has 0 aliphatic carbocycles. The van der Waals surface area contributed by atoms with Gasteiger partial charge in [-0.3, -0.25) is 14.9 Å². The minimum atomic E-state index is -0.434. The highest BCUT2D eigenvalue weighted by molar-refractivity contribution is 7.20. The van der Waals surface area contributed by atoms with Crippen molar-refractivity contribution in [2.24, 2.45) is 0 Å². The number of nitro benzene ring substituents is 1. The average Bonchev–Trinajstić information content (AvgIpc) is 2.89. The Balaban J connectivity index is 0.00000242. The lowest BCUT2D eigenvalue weighted by Crippen LogP contribution is -2.31. The highest BCUT2D eigenvalue weighted by Gasteiger charge is 2.12. The van der Waals surface area contributed by atoms with Crippen molar-refractivity contribution in [3.63, 3.8) is 0 Å². The van der Waals surface area contributed by atoms with Gasteiger partial charge in [0.05, 0.1) is 9.80 Å². The molecule has 1 aromatic carbocycles. The van der Waals surface area contributed by atoms with E-state index < -0.39 is 4.92 Å². The Bertz CT molecular complexity index is 660. The van der Waals surface area contributed by atoms with Gasteiger partial charge < -0.3 is 10.6 Å². The second kappa shape index (κ2) is 8.67. The van der Waals surface area contributed by atoms with Crippen LogP contribution in [0.1, 0.15) is 23.0 Å². The van der Waals surface area contributed by atoms with Crippen LogP contribution in [0.15, 0.2) is 24.3 Å². The molecule has 0 bridgehead atoms. The van der Waals surface area contributed by atoms with E-state index in [1.807, 2.05) is 0 Å². The minimum Gasteiger partial charge on any atom is -0.350 e. The number of carbonyl (C=O) groups is 1. The number of thiophene rings is 1. The van der Waals surface area contributed by atoms with Gasteiger partial charge in [-0.15, -0.1) is 23.7 Å². The number of non-ortho nitro benzene ring substituents is 1. The van der Waals surface area contributed by atoms with E-state index in [-0.39, 0.29) is 24.0 Å². The molecule has 0 aliphatic rings. The van der Waals surface area contributed by atoms with Crippen LogP contribution in [0.4, 0.5) is 5.69 Å². The van der Waals surface area contributed by atoms with Crippen LogP contribution in [0.2, 0.25) is 0 Å². The Labute approximate surface area is 138 Å². The number of rotatable bonds is 7. The molecule has 22 heavy (non-hydrogen) atoms. The number of nitro groups is 1. The molecule has 2 rings (SSSR count). The summed E-state index contributed by atoms with van der Waals surface area (Å²) < 4.78 is 0.870. The quantitative estimate of drug-likeness (QED) is 0.460. The predicted molar refractivity (Wildman–Crippen MR) is 91.2 cm³/mol. The molecule has 2 N–H and O–H groups in total. The Morgan fingerprint density at radius 1 is 1.27 bits per heavy atom. The van der Waals surface area contributed by atoms with E-state index >= 15 is 0 Å². The van der Waals surface area contributed by atoms with Crippen molar-refractivity contribution in [2.45, 2.75) is 13.3 Å². The van der Waals surface area contributed by atoms with Gasteiger partial charge in [0.2, 0.25) is 0 Å². The van der Waals surface area contributed by atoms with Gasteiger partial charge in [0, 0.05) is 35.3 Å². The maximum atomic E-state index is 12.0. The monoisotopic (exact) mass is 343 g/mol. The summed E-state index contributed by atoms with van der Waals surface area (Å²) in [5.41, 5.74) is 0.0380. The normalized spacial score (nSPS) is 10.2. The summed E-state index contributed by atoms with van der Waals surface area (Å²) in [7, 11) is 0. The standard InChI is InChI=1S/C14H17N3O3S.ClH/c1-2-5-15-6-7-16-14(18)13-9-10-8-11(17(19)20)3-4-12(10)21-13;/h3-4,8-9,15H,2,5-7H2,1H3,(H,16,18);1H. The average molecular weight is 344 g/mol. The minimum absolute atomic E-state index is 0. The Kier molecular flexibility index (Phi) is 7.23. The molecule has 0 atom stereocenters. The van der Waals surface area contributed by atoms with Crippen LogP contribution in [0.3, 0.4) is 0 Å². The van der Waals surface area contributed by atoms with E-state index in [4.69, 9.17) is 0 Å². The van der Waals surface area contributed by atoms with Crippen LogP contribution in [0, 0.1) is 10.1 Å². The second-order valence-corrected chi connectivity index (χ2v) is 5.68. The van der Waals surface area contributed by atoms with Crippen molar-refractivity contribution < 1.29 is 9.72 Å². The van der Waals surface area contributed by atoms with Gasteiger partial charge in [0.15, 0.2) is 0 Å². The summed E-state index contributed by atoms with van der Waals surface area (Å²) in [5, 5.41) is 17.5. The predicted octanol–water partition coefficient (Wildman–Crippen LogP) is 2.96. The lowest BCUT2D eigenvalue weighted by Gasteiger charge is -2.04. The number of hydrogen-bond acceptors (Lipinski definition) is 5. The maximum absolute atomic E-state index is 12.0. The SMILES string of the molecule is CCCNCCNC(=O)c1cc2cc([N+](=O)[O-])ccc2s1.Cl. The third-order valence-corrected chi connectivity index (χ3v) is 4.06. The van der Waals surface area contributed by atoms with E-state index in [0.717, 1.165) is 29.6 Å². The van der Waals surface area contributed by atoms with Gasteiger partial charge in [-0.05, 0) is 25.1 Å². The number of hydrogen-bond donors (Lipinski definition) is 2. The van der Waals surface area contributed by atoms with Gasteiger partial charge >= 0.3 is 0 Å². The Morgan fingerprint density at radius 3 is 2.73 bits per heavy atom. The zero-order valence-electron chi connectivity index (χ0n) is 12.1. The lowest BCUT2D eigenvalue weighted by atomic mass is 10.2. The number of nitrogens with zero attached hydrogens (tertiary/aromatic N) is 1. The zero-order chi connectivity index (χ0) is 15.2. The fourth-order valence-electron chi connectivity index (χ4n) is 1.91. The fourth-order valence-corrected chi connectivity index (χ4v) is 2.87. The van der Waals surface area contributed by atoms with E-state index in [2.05, 4.69) is 17.6 Å². The molecule has 6 nitrogen and oxygen atoms in total. The van der Waals surface area contributed by atoms with Crippen LogP contribution in [0.5, 0.6) is 0 Å². The number of halogens is 1. The first-order chi connectivity index (χ1) is 10.1. The smallest absolute Gasteiger partial charge is 0.270 e. The third kappa shape index (κ3) is 4.66. The van der Waals surface area contributed by atoms with Crippen molar-refractivity contribution in [1.82, 2.24) is 10.6 Å². The maximum Gasteiger partial charge on any atom is 0.270 e. The zero-order valence-corrected chi connectivity index (χ0v) is 13.8. The molecule has 1 amide bonds. The van der Waals surface area contributed by atoms with Gasteiger partial charge in [-0.1, -0.05) is 6.92 Å². The number of carbonyl (C=O) groups excluding carboxylic acids is 1. The molecule has 1 heterocycles. The summed E-state index contributed by atoms with van der Waals surface area (Å²) in [5.74, 6) is -0.142. The summed E-state index contributed by atoms with van der Waals surface area (Å²) in [6.07, 6.45) is 1.06. The van der Waals surface area contributed by atoms with E-state index in [1.165, 1.54) is 23.5 Å². The molecule has 8 heteroatoms. The Morgan fingerprint density at radius 2 is 2.05 bits per heavy atom. The van der Waals surface area contributed by atoms with Gasteiger partial charge in [-0.25, -0.2) is 0 Å². The summed E-state index contributed by atoms with van der Waals surface area (Å²) in [6.45, 7) is 4.31. The molecule has 0 spiro atoms. The molecular weight excluding hydrogens is 326 g/mol. The molecule has 0 fully saturated rings. The van der Waals surface area contributed by atoms with Gasteiger partial charge in [-0.2, -0.15) is 0 Å². The van der Waals surface area contributed by atoms with Crippen molar-refractivity contribution in [3.8, 4) is 0 Å². The van der Waals surface area contributed by atoms with Crippen LogP contribution in [-0.2, 0) is 0 Å². The Hall–Kier alpha value is -1.70. The molecule has 0 saturated carbocycles. The van der Waals surface area contributed by atoms with Crippen molar-refractivity contribution in [1.29, 1.82) is 0 Å². The summed E-state index contributed by atoms with van der Waals surface area (Å²) >= 11 is 1.34. The largest absolute Gasteiger partial charge is 0.350 e. The topological polar surface area (TPSA) is 84.3 Å². The molecule has 0 unspecified atom stereocenters. The lowest BCUT2D eigenvalue weighted by molar-refractivity contribution is -0.384. The van der Waals surface area contributed by atoms with Crippen molar-refractivity contribution in [2.75, 3.05) is 19.6 Å². The van der Waals surface area contributed by atoms with E-state index in [1.54, 1.807) is 12.1 Å². The van der Waals surface area contributed by atoms with Gasteiger partial charge in [0.25, 0.3) is 11.6 Å². The number of fused-ring (bicyclic) bond motifs is 1. The summed E-state index contributed by atoms with van der Waals surface area (Å²) in [4.78, 5) is 22.9. The molecule has 0 aliphatic heterocycles. The molecule has 0 radical (unpaired) electrons. The summed E-state index contributed by atoms with van der Waals surface area (Å²) in [6, 6.07) is 6.32. The first kappa shape index (κ1) is 18.3. The molecule has 1 aromatic heterocycles. The first-order valence-corrected chi connectivity index (χ1v) is 7.60. The number of nitrogens with one attached hydrogen (secondary N) is 2. The number of amides is 1. The molecule has 0 saturated heterocycles. The first-order valence-electron chi connectivity index (χ1n) is 6.78. The fraction of sp³-hybridized carbons (Fsp3) is 0.357. The highest BCUT2D eigenvalue weighted by atomic mass is 35.5.